The normalized spacial score (nSPS) is 20.9. The molecule has 0 amide bonds. The average molecular weight is 317 g/mol. The van der Waals surface area contributed by atoms with Gasteiger partial charge in [0.15, 0.2) is 0 Å². The molecular formula is C13H23N3O2S2. The van der Waals surface area contributed by atoms with Crippen molar-refractivity contribution in [2.75, 3.05) is 34.2 Å². The molecule has 2 heterocycles. The minimum atomic E-state index is -3.37. The van der Waals surface area contributed by atoms with Crippen molar-refractivity contribution in [2.45, 2.75) is 30.3 Å². The number of hydrogen-bond donors (Lipinski definition) is 1. The van der Waals surface area contributed by atoms with Gasteiger partial charge in [0, 0.05) is 30.6 Å². The van der Waals surface area contributed by atoms with Crippen LogP contribution in [-0.4, -0.2) is 57.9 Å². The SMILES string of the molecule is CNCc1sccc1S(=O)(=O)N1CCCC1CN(C)C. The molecule has 2 rings (SSSR count). The lowest BCUT2D eigenvalue weighted by Gasteiger charge is -2.26. The lowest BCUT2D eigenvalue weighted by atomic mass is 10.2. The van der Waals surface area contributed by atoms with E-state index in [1.807, 2.05) is 26.5 Å². The zero-order chi connectivity index (χ0) is 14.8. The number of hydrogen-bond acceptors (Lipinski definition) is 5. The van der Waals surface area contributed by atoms with Gasteiger partial charge in [-0.05, 0) is 45.4 Å². The molecule has 1 atom stereocenters. The van der Waals surface area contributed by atoms with Crippen molar-refractivity contribution in [3.63, 3.8) is 0 Å². The summed E-state index contributed by atoms with van der Waals surface area (Å²) in [6.45, 7) is 2.01. The molecule has 1 N–H and O–H groups in total. The first-order valence-corrected chi connectivity index (χ1v) is 9.16. The number of nitrogens with zero attached hydrogens (tertiary/aromatic N) is 2. The first kappa shape index (κ1) is 15.9. The van der Waals surface area contributed by atoms with Crippen LogP contribution in [0.15, 0.2) is 16.3 Å². The third-order valence-corrected chi connectivity index (χ3v) is 6.61. The molecule has 114 valence electrons. The Kier molecular flexibility index (Phi) is 5.19. The van der Waals surface area contributed by atoms with Crippen molar-refractivity contribution in [1.29, 1.82) is 0 Å². The highest BCUT2D eigenvalue weighted by Gasteiger charge is 2.36. The zero-order valence-electron chi connectivity index (χ0n) is 12.3. The Morgan fingerprint density at radius 3 is 2.90 bits per heavy atom. The zero-order valence-corrected chi connectivity index (χ0v) is 13.9. The van der Waals surface area contributed by atoms with E-state index in [9.17, 15) is 8.42 Å². The summed E-state index contributed by atoms with van der Waals surface area (Å²) in [5.41, 5.74) is 0. The number of rotatable bonds is 6. The van der Waals surface area contributed by atoms with Crippen LogP contribution in [-0.2, 0) is 16.6 Å². The molecule has 0 radical (unpaired) electrons. The first-order valence-electron chi connectivity index (χ1n) is 6.84. The van der Waals surface area contributed by atoms with Gasteiger partial charge in [0.05, 0.1) is 4.90 Å². The summed E-state index contributed by atoms with van der Waals surface area (Å²) in [6, 6.07) is 1.83. The minimum Gasteiger partial charge on any atom is -0.315 e. The number of sulfonamides is 1. The maximum Gasteiger partial charge on any atom is 0.244 e. The van der Waals surface area contributed by atoms with Crippen LogP contribution in [0.3, 0.4) is 0 Å². The Balaban J connectivity index is 2.27. The molecule has 1 saturated heterocycles. The van der Waals surface area contributed by atoms with Crippen molar-refractivity contribution in [2.24, 2.45) is 0 Å². The number of thiophene rings is 1. The van der Waals surface area contributed by atoms with E-state index in [0.29, 0.717) is 18.0 Å². The van der Waals surface area contributed by atoms with Gasteiger partial charge in [-0.2, -0.15) is 4.31 Å². The fourth-order valence-corrected chi connectivity index (χ4v) is 5.82. The van der Waals surface area contributed by atoms with Gasteiger partial charge in [0.25, 0.3) is 0 Å². The second kappa shape index (κ2) is 6.53. The van der Waals surface area contributed by atoms with E-state index >= 15 is 0 Å². The van der Waals surface area contributed by atoms with Gasteiger partial charge in [0.2, 0.25) is 10.0 Å². The highest BCUT2D eigenvalue weighted by atomic mass is 32.2. The van der Waals surface area contributed by atoms with Crippen molar-refractivity contribution < 1.29 is 8.42 Å². The Bertz CT molecular complexity index is 540. The largest absolute Gasteiger partial charge is 0.315 e. The van der Waals surface area contributed by atoms with E-state index in [1.54, 1.807) is 10.4 Å². The Hall–Kier alpha value is -0.470. The Morgan fingerprint density at radius 1 is 1.50 bits per heavy atom. The minimum absolute atomic E-state index is 0.0948. The van der Waals surface area contributed by atoms with Gasteiger partial charge in [-0.3, -0.25) is 0 Å². The van der Waals surface area contributed by atoms with E-state index in [0.717, 1.165) is 24.3 Å². The van der Waals surface area contributed by atoms with Crippen LogP contribution in [0.2, 0.25) is 0 Å². The van der Waals surface area contributed by atoms with E-state index in [4.69, 9.17) is 0 Å². The molecule has 20 heavy (non-hydrogen) atoms. The maximum absolute atomic E-state index is 12.9. The Labute approximate surface area is 125 Å². The summed E-state index contributed by atoms with van der Waals surface area (Å²) in [5, 5.41) is 4.89. The molecule has 1 aliphatic rings. The molecule has 1 aliphatic heterocycles. The van der Waals surface area contributed by atoms with Crippen molar-refractivity contribution in [1.82, 2.24) is 14.5 Å². The highest BCUT2D eigenvalue weighted by molar-refractivity contribution is 7.89. The molecule has 1 aromatic rings. The highest BCUT2D eigenvalue weighted by Crippen LogP contribution is 2.30. The summed E-state index contributed by atoms with van der Waals surface area (Å²) in [5.74, 6) is 0. The molecule has 0 aromatic carbocycles. The molecule has 5 nitrogen and oxygen atoms in total. The lowest BCUT2D eigenvalue weighted by Crippen LogP contribution is -2.41. The van der Waals surface area contributed by atoms with Crippen LogP contribution in [0.25, 0.3) is 0 Å². The quantitative estimate of drug-likeness (QED) is 0.856. The molecule has 1 fully saturated rings. The van der Waals surface area contributed by atoms with Crippen molar-refractivity contribution >= 4 is 21.4 Å². The molecule has 0 spiro atoms. The molecule has 0 saturated carbocycles. The van der Waals surface area contributed by atoms with E-state index < -0.39 is 10.0 Å². The van der Waals surface area contributed by atoms with Crippen molar-refractivity contribution in [3.8, 4) is 0 Å². The number of likely N-dealkylation sites (N-methyl/N-ethyl adjacent to an activating group) is 1. The number of nitrogens with one attached hydrogen (secondary N) is 1. The van der Waals surface area contributed by atoms with Gasteiger partial charge in [0.1, 0.15) is 0 Å². The van der Waals surface area contributed by atoms with E-state index in [-0.39, 0.29) is 6.04 Å². The fourth-order valence-electron chi connectivity index (χ4n) is 2.70. The molecule has 0 aliphatic carbocycles. The van der Waals surface area contributed by atoms with Crippen molar-refractivity contribution in [3.05, 3.63) is 16.3 Å². The lowest BCUT2D eigenvalue weighted by molar-refractivity contribution is 0.291. The predicted octanol–water partition coefficient (Wildman–Crippen LogP) is 1.18. The molecule has 1 aromatic heterocycles. The fraction of sp³-hybridized carbons (Fsp3) is 0.692. The van der Waals surface area contributed by atoms with Gasteiger partial charge in [-0.15, -0.1) is 11.3 Å². The van der Waals surface area contributed by atoms with Gasteiger partial charge >= 0.3 is 0 Å². The first-order chi connectivity index (χ1) is 9.46. The maximum atomic E-state index is 12.9. The molecule has 7 heteroatoms. The van der Waals surface area contributed by atoms with Crippen LogP contribution >= 0.6 is 11.3 Å². The second-order valence-electron chi connectivity index (χ2n) is 5.41. The predicted molar refractivity (Wildman–Crippen MR) is 82.6 cm³/mol. The third kappa shape index (κ3) is 3.23. The standard InChI is InChI=1S/C13H23N3O2S2/c1-14-9-12-13(6-8-19-12)20(17,18)16-7-4-5-11(16)10-15(2)3/h6,8,11,14H,4-5,7,9-10H2,1-3H3. The smallest absolute Gasteiger partial charge is 0.244 e. The summed E-state index contributed by atoms with van der Waals surface area (Å²) in [4.78, 5) is 3.42. The summed E-state index contributed by atoms with van der Waals surface area (Å²) < 4.78 is 27.4. The van der Waals surface area contributed by atoms with Crippen LogP contribution < -0.4 is 5.32 Å². The van der Waals surface area contributed by atoms with Gasteiger partial charge in [-0.1, -0.05) is 0 Å². The second-order valence-corrected chi connectivity index (χ2v) is 8.27. The molecule has 0 bridgehead atoms. The average Bonchev–Trinajstić information content (AvgIpc) is 2.98. The third-order valence-electron chi connectivity index (χ3n) is 3.53. The van der Waals surface area contributed by atoms with Crippen LogP contribution in [0.1, 0.15) is 17.7 Å². The summed E-state index contributed by atoms with van der Waals surface area (Å²) in [7, 11) is 2.44. The Morgan fingerprint density at radius 2 is 2.25 bits per heavy atom. The van der Waals surface area contributed by atoms with Crippen LogP contribution in [0.5, 0.6) is 0 Å². The van der Waals surface area contributed by atoms with Crippen LogP contribution in [0, 0.1) is 0 Å². The molecular weight excluding hydrogens is 294 g/mol. The molecule has 1 unspecified atom stereocenters. The topological polar surface area (TPSA) is 52.7 Å². The van der Waals surface area contributed by atoms with E-state index in [2.05, 4.69) is 10.2 Å². The van der Waals surface area contributed by atoms with Gasteiger partial charge < -0.3 is 10.2 Å². The van der Waals surface area contributed by atoms with E-state index in [1.165, 1.54) is 11.3 Å². The summed E-state index contributed by atoms with van der Waals surface area (Å²) in [6.07, 6.45) is 1.89. The van der Waals surface area contributed by atoms with Gasteiger partial charge in [-0.25, -0.2) is 8.42 Å². The summed E-state index contributed by atoms with van der Waals surface area (Å²) >= 11 is 1.50. The monoisotopic (exact) mass is 317 g/mol. The van der Waals surface area contributed by atoms with Crippen LogP contribution in [0.4, 0.5) is 0 Å².